The van der Waals surface area contributed by atoms with Crippen LogP contribution in [-0.4, -0.2) is 49.1 Å². The van der Waals surface area contributed by atoms with E-state index in [9.17, 15) is 4.79 Å². The Morgan fingerprint density at radius 1 is 0.909 bits per heavy atom. The number of benzene rings is 2. The first-order chi connectivity index (χ1) is 16.2. The van der Waals surface area contributed by atoms with Crippen molar-refractivity contribution in [2.75, 3.05) is 33.9 Å². The van der Waals surface area contributed by atoms with Gasteiger partial charge in [0.05, 0.1) is 19.7 Å². The average Bonchev–Trinajstić information content (AvgIpc) is 3.65. The summed E-state index contributed by atoms with van der Waals surface area (Å²) in [6, 6.07) is 14.5. The number of likely N-dealkylation sites (tertiary alicyclic amines) is 1. The molecule has 0 N–H and O–H groups in total. The maximum absolute atomic E-state index is 12.9. The molecule has 1 aromatic heterocycles. The van der Waals surface area contributed by atoms with Crippen LogP contribution >= 0.6 is 0 Å². The van der Waals surface area contributed by atoms with Gasteiger partial charge < -0.3 is 18.9 Å². The number of hydrogen-bond donors (Lipinski definition) is 0. The summed E-state index contributed by atoms with van der Waals surface area (Å²) in [7, 11) is 3.47. The highest BCUT2D eigenvalue weighted by molar-refractivity contribution is 6.11. The van der Waals surface area contributed by atoms with E-state index in [0.717, 1.165) is 73.4 Å². The predicted molar refractivity (Wildman–Crippen MR) is 132 cm³/mol. The van der Waals surface area contributed by atoms with Gasteiger partial charge in [0.15, 0.2) is 5.78 Å². The standard InChI is InChI=1S/C28H34N2O3/c1-32-25-9-4-3-7-22(25)20-13-17-29(18-14-20)15-6-16-30-19-24(28(31)21-11-12-21)23-8-5-10-26(33-2)27(23)30/h3-5,7-10,19-21H,6,11-18H2,1-2H3. The monoisotopic (exact) mass is 446 g/mol. The first-order valence-electron chi connectivity index (χ1n) is 12.2. The van der Waals surface area contributed by atoms with E-state index in [1.165, 1.54) is 18.4 Å². The van der Waals surface area contributed by atoms with Gasteiger partial charge in [0.1, 0.15) is 11.5 Å². The van der Waals surface area contributed by atoms with Crippen LogP contribution < -0.4 is 9.47 Å². The molecule has 5 nitrogen and oxygen atoms in total. The number of carbonyl (C=O) groups is 1. The molecule has 0 amide bonds. The van der Waals surface area contributed by atoms with Gasteiger partial charge in [0.25, 0.3) is 0 Å². The minimum absolute atomic E-state index is 0.222. The molecule has 5 rings (SSSR count). The zero-order chi connectivity index (χ0) is 22.8. The van der Waals surface area contributed by atoms with Crippen molar-refractivity contribution < 1.29 is 14.3 Å². The first-order valence-corrected chi connectivity index (χ1v) is 12.2. The van der Waals surface area contributed by atoms with E-state index in [1.54, 1.807) is 14.2 Å². The lowest BCUT2D eigenvalue weighted by Crippen LogP contribution is -2.34. The molecule has 2 fully saturated rings. The van der Waals surface area contributed by atoms with E-state index in [0.29, 0.717) is 11.7 Å². The Kier molecular flexibility index (Phi) is 6.41. The van der Waals surface area contributed by atoms with Crippen molar-refractivity contribution in [2.45, 2.75) is 44.6 Å². The number of piperidine rings is 1. The molecule has 1 aliphatic carbocycles. The Bertz CT molecular complexity index is 1120. The van der Waals surface area contributed by atoms with Gasteiger partial charge >= 0.3 is 0 Å². The molecule has 0 radical (unpaired) electrons. The van der Waals surface area contributed by atoms with Crippen LogP contribution in [0.1, 0.15) is 53.9 Å². The molecule has 0 atom stereocenters. The molecule has 1 saturated carbocycles. The lowest BCUT2D eigenvalue weighted by Gasteiger charge is -2.32. The van der Waals surface area contributed by atoms with Crippen LogP contribution in [0, 0.1) is 5.92 Å². The van der Waals surface area contributed by atoms with E-state index in [2.05, 4.69) is 39.9 Å². The van der Waals surface area contributed by atoms with Gasteiger partial charge in [0.2, 0.25) is 0 Å². The largest absolute Gasteiger partial charge is 0.496 e. The zero-order valence-electron chi connectivity index (χ0n) is 19.8. The molecule has 3 aromatic rings. The number of fused-ring (bicyclic) bond motifs is 1. The Labute approximate surface area is 196 Å². The third-order valence-electron chi connectivity index (χ3n) is 7.33. The van der Waals surface area contributed by atoms with Crippen LogP contribution in [0.4, 0.5) is 0 Å². The number of para-hydroxylation sites is 2. The van der Waals surface area contributed by atoms with Crippen molar-refractivity contribution in [1.29, 1.82) is 0 Å². The molecule has 33 heavy (non-hydrogen) atoms. The van der Waals surface area contributed by atoms with Crippen molar-refractivity contribution >= 4 is 16.7 Å². The number of Topliss-reactive ketones (excluding diaryl/α,β-unsaturated/α-hetero) is 1. The summed E-state index contributed by atoms with van der Waals surface area (Å²) >= 11 is 0. The summed E-state index contributed by atoms with van der Waals surface area (Å²) in [6.07, 6.45) is 7.52. The van der Waals surface area contributed by atoms with Crippen LogP contribution in [0.5, 0.6) is 11.5 Å². The number of ether oxygens (including phenoxy) is 2. The Morgan fingerprint density at radius 2 is 1.64 bits per heavy atom. The minimum atomic E-state index is 0.222. The lowest BCUT2D eigenvalue weighted by molar-refractivity contribution is 0.0969. The van der Waals surface area contributed by atoms with Crippen molar-refractivity contribution in [3.8, 4) is 11.5 Å². The normalized spacial score (nSPS) is 17.4. The maximum atomic E-state index is 12.9. The third kappa shape index (κ3) is 4.51. The van der Waals surface area contributed by atoms with Crippen molar-refractivity contribution in [1.82, 2.24) is 9.47 Å². The molecule has 2 aliphatic rings. The van der Waals surface area contributed by atoms with Gasteiger partial charge in [-0.3, -0.25) is 4.79 Å². The Balaban J connectivity index is 1.23. The highest BCUT2D eigenvalue weighted by Crippen LogP contribution is 2.38. The van der Waals surface area contributed by atoms with Gasteiger partial charge in [-0.25, -0.2) is 0 Å². The number of ketones is 1. The smallest absolute Gasteiger partial charge is 0.168 e. The number of hydrogen-bond acceptors (Lipinski definition) is 4. The summed E-state index contributed by atoms with van der Waals surface area (Å²) in [5.41, 5.74) is 3.27. The fraction of sp³-hybridized carbons (Fsp3) is 0.464. The lowest BCUT2D eigenvalue weighted by atomic mass is 9.89. The van der Waals surface area contributed by atoms with Crippen LogP contribution in [0.25, 0.3) is 10.9 Å². The summed E-state index contributed by atoms with van der Waals surface area (Å²) in [6.45, 7) is 4.19. The topological polar surface area (TPSA) is 43.7 Å². The summed E-state index contributed by atoms with van der Waals surface area (Å²) in [5, 5.41) is 1.03. The SMILES string of the molecule is COc1ccccc1C1CCN(CCCn2cc(C(=O)C3CC3)c3cccc(OC)c32)CC1. The first kappa shape index (κ1) is 22.0. The predicted octanol–water partition coefficient (Wildman–Crippen LogP) is 5.52. The average molecular weight is 447 g/mol. The summed E-state index contributed by atoms with van der Waals surface area (Å²) in [5.74, 6) is 2.96. The highest BCUT2D eigenvalue weighted by atomic mass is 16.5. The molecule has 5 heteroatoms. The molecule has 0 unspecified atom stereocenters. The number of aromatic nitrogens is 1. The quantitative estimate of drug-likeness (QED) is 0.406. The number of nitrogens with zero attached hydrogens (tertiary/aromatic N) is 2. The van der Waals surface area contributed by atoms with Gasteiger partial charge in [-0.05, 0) is 75.4 Å². The van der Waals surface area contributed by atoms with Crippen LogP contribution in [0.3, 0.4) is 0 Å². The van der Waals surface area contributed by atoms with Crippen molar-refractivity contribution in [3.63, 3.8) is 0 Å². The molecule has 0 bridgehead atoms. The third-order valence-corrected chi connectivity index (χ3v) is 7.33. The van der Waals surface area contributed by atoms with E-state index in [-0.39, 0.29) is 5.92 Å². The van der Waals surface area contributed by atoms with Gasteiger partial charge in [-0.2, -0.15) is 0 Å². The van der Waals surface area contributed by atoms with Crippen molar-refractivity contribution in [2.24, 2.45) is 5.92 Å². The fourth-order valence-electron chi connectivity index (χ4n) is 5.36. The second-order valence-corrected chi connectivity index (χ2v) is 9.44. The zero-order valence-corrected chi connectivity index (χ0v) is 19.8. The number of aryl methyl sites for hydroxylation is 1. The molecule has 174 valence electrons. The van der Waals surface area contributed by atoms with E-state index in [1.807, 2.05) is 18.2 Å². The minimum Gasteiger partial charge on any atom is -0.496 e. The van der Waals surface area contributed by atoms with Crippen LogP contribution in [0.15, 0.2) is 48.7 Å². The molecule has 1 saturated heterocycles. The Hall–Kier alpha value is -2.79. The number of rotatable bonds is 9. The van der Waals surface area contributed by atoms with Gasteiger partial charge in [-0.1, -0.05) is 30.3 Å². The van der Waals surface area contributed by atoms with Crippen molar-refractivity contribution in [3.05, 3.63) is 59.8 Å². The molecular weight excluding hydrogens is 412 g/mol. The second-order valence-electron chi connectivity index (χ2n) is 9.44. The summed E-state index contributed by atoms with van der Waals surface area (Å²) in [4.78, 5) is 15.5. The van der Waals surface area contributed by atoms with E-state index >= 15 is 0 Å². The van der Waals surface area contributed by atoms with Gasteiger partial charge in [-0.15, -0.1) is 0 Å². The van der Waals surface area contributed by atoms with Gasteiger partial charge in [0, 0.05) is 29.6 Å². The fourth-order valence-corrected chi connectivity index (χ4v) is 5.36. The van der Waals surface area contributed by atoms with Crippen LogP contribution in [-0.2, 0) is 6.54 Å². The maximum Gasteiger partial charge on any atom is 0.168 e. The molecule has 2 heterocycles. The molecule has 1 aliphatic heterocycles. The summed E-state index contributed by atoms with van der Waals surface area (Å²) < 4.78 is 13.5. The number of methoxy groups -OCH3 is 2. The molecule has 2 aromatic carbocycles. The van der Waals surface area contributed by atoms with Crippen LogP contribution in [0.2, 0.25) is 0 Å². The van der Waals surface area contributed by atoms with E-state index < -0.39 is 0 Å². The highest BCUT2D eigenvalue weighted by Gasteiger charge is 2.32. The Morgan fingerprint density at radius 3 is 2.36 bits per heavy atom. The number of carbonyl (C=O) groups excluding carboxylic acids is 1. The van der Waals surface area contributed by atoms with E-state index in [4.69, 9.17) is 9.47 Å². The molecular formula is C28H34N2O3. The molecule has 0 spiro atoms. The second kappa shape index (κ2) is 9.60.